The van der Waals surface area contributed by atoms with Crippen molar-refractivity contribution >= 4 is 5.97 Å². The van der Waals surface area contributed by atoms with Crippen LogP contribution in [0.25, 0.3) is 0 Å². The highest BCUT2D eigenvalue weighted by molar-refractivity contribution is 5.68. The second kappa shape index (κ2) is 5.99. The molecule has 3 N–H and O–H groups in total. The average Bonchev–Trinajstić information content (AvgIpc) is 2.26. The quantitative estimate of drug-likeness (QED) is 0.636. The van der Waals surface area contributed by atoms with Gasteiger partial charge in [-0.25, -0.2) is 0 Å². The number of hydrogen-bond donors (Lipinski definition) is 3. The SMILES string of the molecule is CC(CN1CCCCC1)NC1(CC(=O)O)CNC1. The van der Waals surface area contributed by atoms with Gasteiger partial charge in [-0.2, -0.15) is 0 Å². The smallest absolute Gasteiger partial charge is 0.305 e. The number of nitrogens with zero attached hydrogens (tertiary/aromatic N) is 1. The summed E-state index contributed by atoms with van der Waals surface area (Å²) in [6.45, 7) is 7.11. The molecule has 2 aliphatic heterocycles. The molecule has 0 radical (unpaired) electrons. The zero-order chi connectivity index (χ0) is 13.0. The number of piperidine rings is 1. The van der Waals surface area contributed by atoms with Crippen molar-refractivity contribution in [3.63, 3.8) is 0 Å². The molecule has 5 heteroatoms. The second-order valence-corrected chi connectivity index (χ2v) is 5.86. The largest absolute Gasteiger partial charge is 0.481 e. The fourth-order valence-corrected chi connectivity index (χ4v) is 3.09. The van der Waals surface area contributed by atoms with Gasteiger partial charge >= 0.3 is 5.97 Å². The molecule has 2 fully saturated rings. The van der Waals surface area contributed by atoms with Crippen molar-refractivity contribution < 1.29 is 9.90 Å². The minimum Gasteiger partial charge on any atom is -0.481 e. The summed E-state index contributed by atoms with van der Waals surface area (Å²) >= 11 is 0. The van der Waals surface area contributed by atoms with Crippen molar-refractivity contribution in [2.24, 2.45) is 0 Å². The average molecular weight is 255 g/mol. The molecule has 5 nitrogen and oxygen atoms in total. The third kappa shape index (κ3) is 3.67. The lowest BCUT2D eigenvalue weighted by Gasteiger charge is -2.45. The number of rotatable bonds is 6. The third-order valence-corrected chi connectivity index (χ3v) is 3.95. The van der Waals surface area contributed by atoms with Crippen LogP contribution in [0.2, 0.25) is 0 Å². The molecule has 2 rings (SSSR count). The number of aliphatic carboxylic acids is 1. The van der Waals surface area contributed by atoms with Crippen molar-refractivity contribution in [1.29, 1.82) is 0 Å². The molecule has 0 aromatic carbocycles. The number of carbonyl (C=O) groups is 1. The molecule has 1 unspecified atom stereocenters. The first-order chi connectivity index (χ1) is 8.60. The maximum absolute atomic E-state index is 10.9. The predicted molar refractivity (Wildman–Crippen MR) is 70.7 cm³/mol. The Morgan fingerprint density at radius 3 is 2.56 bits per heavy atom. The fourth-order valence-electron chi connectivity index (χ4n) is 3.09. The van der Waals surface area contributed by atoms with Crippen LogP contribution in [-0.2, 0) is 4.79 Å². The van der Waals surface area contributed by atoms with Crippen molar-refractivity contribution in [3.05, 3.63) is 0 Å². The Morgan fingerprint density at radius 2 is 2.06 bits per heavy atom. The van der Waals surface area contributed by atoms with E-state index >= 15 is 0 Å². The molecule has 0 aromatic heterocycles. The Hall–Kier alpha value is -0.650. The van der Waals surface area contributed by atoms with Crippen LogP contribution < -0.4 is 10.6 Å². The first kappa shape index (κ1) is 13.8. The summed E-state index contributed by atoms with van der Waals surface area (Å²) in [5, 5.41) is 15.7. The van der Waals surface area contributed by atoms with E-state index in [1.165, 1.54) is 32.4 Å². The van der Waals surface area contributed by atoms with Crippen LogP contribution in [0.1, 0.15) is 32.6 Å². The van der Waals surface area contributed by atoms with Gasteiger partial charge in [-0.1, -0.05) is 6.42 Å². The second-order valence-electron chi connectivity index (χ2n) is 5.86. The van der Waals surface area contributed by atoms with Gasteiger partial charge in [-0.3, -0.25) is 4.79 Å². The highest BCUT2D eigenvalue weighted by Gasteiger charge is 2.39. The molecular weight excluding hydrogens is 230 g/mol. The van der Waals surface area contributed by atoms with Crippen LogP contribution >= 0.6 is 0 Å². The van der Waals surface area contributed by atoms with E-state index in [1.807, 2.05) is 0 Å². The maximum atomic E-state index is 10.9. The van der Waals surface area contributed by atoms with Crippen LogP contribution in [0, 0.1) is 0 Å². The van der Waals surface area contributed by atoms with E-state index in [4.69, 9.17) is 5.11 Å². The van der Waals surface area contributed by atoms with E-state index in [2.05, 4.69) is 22.5 Å². The molecule has 0 aromatic rings. The zero-order valence-corrected chi connectivity index (χ0v) is 11.2. The van der Waals surface area contributed by atoms with Gasteiger partial charge < -0.3 is 20.6 Å². The lowest BCUT2D eigenvalue weighted by Crippen LogP contribution is -2.70. The molecule has 104 valence electrons. The number of nitrogens with one attached hydrogen (secondary N) is 2. The summed E-state index contributed by atoms with van der Waals surface area (Å²) in [5.41, 5.74) is -0.221. The van der Waals surface area contributed by atoms with Crippen LogP contribution in [0.5, 0.6) is 0 Å². The summed E-state index contributed by atoms with van der Waals surface area (Å²) in [7, 11) is 0. The van der Waals surface area contributed by atoms with Crippen molar-refractivity contribution in [2.45, 2.75) is 44.2 Å². The number of carboxylic acids is 1. The summed E-state index contributed by atoms with van der Waals surface area (Å²) in [4.78, 5) is 13.4. The molecule has 0 amide bonds. The van der Waals surface area contributed by atoms with Gasteiger partial charge in [0.05, 0.1) is 12.0 Å². The molecule has 0 spiro atoms. The summed E-state index contributed by atoms with van der Waals surface area (Å²) in [5.74, 6) is -0.714. The van der Waals surface area contributed by atoms with Crippen molar-refractivity contribution in [1.82, 2.24) is 15.5 Å². The van der Waals surface area contributed by atoms with Gasteiger partial charge in [-0.05, 0) is 32.9 Å². The molecule has 0 saturated carbocycles. The monoisotopic (exact) mass is 255 g/mol. The van der Waals surface area contributed by atoms with Gasteiger partial charge in [0.2, 0.25) is 0 Å². The predicted octanol–water partition coefficient (Wildman–Crippen LogP) is 0.267. The molecule has 2 aliphatic rings. The number of likely N-dealkylation sites (tertiary alicyclic amines) is 1. The van der Waals surface area contributed by atoms with E-state index in [-0.39, 0.29) is 12.0 Å². The van der Waals surface area contributed by atoms with Gasteiger partial charge in [0.15, 0.2) is 0 Å². The molecule has 1 atom stereocenters. The highest BCUT2D eigenvalue weighted by atomic mass is 16.4. The highest BCUT2D eigenvalue weighted by Crippen LogP contribution is 2.18. The van der Waals surface area contributed by atoms with Crippen molar-refractivity contribution in [3.8, 4) is 0 Å². The molecule has 0 bridgehead atoms. The van der Waals surface area contributed by atoms with Crippen LogP contribution in [0.4, 0.5) is 0 Å². The van der Waals surface area contributed by atoms with E-state index in [1.54, 1.807) is 0 Å². The Balaban J connectivity index is 1.78. The zero-order valence-electron chi connectivity index (χ0n) is 11.2. The van der Waals surface area contributed by atoms with Gasteiger partial charge in [-0.15, -0.1) is 0 Å². The van der Waals surface area contributed by atoms with Crippen LogP contribution in [0.3, 0.4) is 0 Å². The standard InChI is InChI=1S/C13H25N3O2/c1-11(8-16-5-3-2-4-6-16)15-13(7-12(17)18)9-14-10-13/h11,14-15H,2-10H2,1H3,(H,17,18). The first-order valence-electron chi connectivity index (χ1n) is 7.02. The van der Waals surface area contributed by atoms with E-state index in [0.717, 1.165) is 19.6 Å². The molecule has 0 aliphatic carbocycles. The van der Waals surface area contributed by atoms with E-state index in [0.29, 0.717) is 6.04 Å². The Labute approximate surface area is 109 Å². The lowest BCUT2D eigenvalue weighted by atomic mass is 9.87. The maximum Gasteiger partial charge on any atom is 0.305 e. The lowest BCUT2D eigenvalue weighted by molar-refractivity contribution is -0.139. The summed E-state index contributed by atoms with van der Waals surface area (Å²) in [6, 6.07) is 0.351. The van der Waals surface area contributed by atoms with E-state index in [9.17, 15) is 4.79 Å². The molecule has 2 saturated heterocycles. The Kier molecular flexibility index (Phi) is 4.59. The topological polar surface area (TPSA) is 64.6 Å². The normalized spacial score (nSPS) is 25.4. The van der Waals surface area contributed by atoms with Gasteiger partial charge in [0.25, 0.3) is 0 Å². The Morgan fingerprint density at radius 1 is 1.39 bits per heavy atom. The molecule has 18 heavy (non-hydrogen) atoms. The number of carboxylic acid groups (broad SMARTS) is 1. The van der Waals surface area contributed by atoms with Crippen molar-refractivity contribution in [2.75, 3.05) is 32.7 Å². The van der Waals surface area contributed by atoms with Crippen LogP contribution in [0.15, 0.2) is 0 Å². The molecule has 2 heterocycles. The molecular formula is C13H25N3O2. The Bertz CT molecular complexity index is 286. The minimum atomic E-state index is -0.714. The number of hydrogen-bond acceptors (Lipinski definition) is 4. The summed E-state index contributed by atoms with van der Waals surface area (Å²) in [6.07, 6.45) is 4.17. The van der Waals surface area contributed by atoms with E-state index < -0.39 is 5.97 Å². The fraction of sp³-hybridized carbons (Fsp3) is 0.923. The third-order valence-electron chi connectivity index (χ3n) is 3.95. The van der Waals surface area contributed by atoms with Gasteiger partial charge in [0.1, 0.15) is 0 Å². The van der Waals surface area contributed by atoms with Crippen LogP contribution in [-0.4, -0.2) is 60.3 Å². The van der Waals surface area contributed by atoms with Gasteiger partial charge in [0, 0.05) is 25.7 Å². The first-order valence-corrected chi connectivity index (χ1v) is 7.02. The summed E-state index contributed by atoms with van der Waals surface area (Å²) < 4.78 is 0. The minimum absolute atomic E-state index is 0.213.